The Morgan fingerprint density at radius 1 is 1.41 bits per heavy atom. The Kier molecular flexibility index (Phi) is 7.77. The molecule has 1 rings (SSSR count). The van der Waals surface area contributed by atoms with Gasteiger partial charge in [0.2, 0.25) is 0 Å². The zero-order valence-electron chi connectivity index (χ0n) is 12.9. The fraction of sp³-hybridized carbons (Fsp3) is 0.643. The summed E-state index contributed by atoms with van der Waals surface area (Å²) in [5.41, 5.74) is -0.0556. The Labute approximate surface area is 134 Å². The molecule has 1 aliphatic rings. The summed E-state index contributed by atoms with van der Waals surface area (Å²) in [4.78, 5) is 27.3. The van der Waals surface area contributed by atoms with E-state index in [2.05, 4.69) is 10.2 Å². The number of piperazine rings is 1. The zero-order chi connectivity index (χ0) is 16.5. The van der Waals surface area contributed by atoms with Gasteiger partial charge in [0.1, 0.15) is 17.7 Å². The Bertz CT molecular complexity index is 467. The van der Waals surface area contributed by atoms with Crippen LogP contribution in [0.2, 0.25) is 0 Å². The zero-order valence-corrected chi connectivity index (χ0v) is 13.7. The Balaban J connectivity index is 2.66. The second-order valence-electron chi connectivity index (χ2n) is 5.14. The summed E-state index contributed by atoms with van der Waals surface area (Å²) in [6, 6.07) is 0.888. The number of rotatable bonds is 7. The third-order valence-electron chi connectivity index (χ3n) is 3.43. The molecule has 0 spiro atoms. The number of nitriles is 1. The van der Waals surface area contributed by atoms with E-state index in [4.69, 9.17) is 10.4 Å². The first-order valence-corrected chi connectivity index (χ1v) is 8.44. The molecule has 1 atom stereocenters. The van der Waals surface area contributed by atoms with Crippen molar-refractivity contribution >= 4 is 23.6 Å². The van der Waals surface area contributed by atoms with E-state index in [1.54, 1.807) is 0 Å². The molecular formula is C14H22N4O3S. The molecular weight excluding hydrogens is 304 g/mol. The predicted octanol–water partition coefficient (Wildman–Crippen LogP) is -0.0362. The number of amides is 1. The van der Waals surface area contributed by atoms with Gasteiger partial charge < -0.3 is 20.2 Å². The number of hydrogen-bond donors (Lipinski definition) is 2. The van der Waals surface area contributed by atoms with Gasteiger partial charge in [-0.05, 0) is 25.5 Å². The van der Waals surface area contributed by atoms with Crippen molar-refractivity contribution in [3.63, 3.8) is 0 Å². The van der Waals surface area contributed by atoms with Crippen LogP contribution in [0.4, 0.5) is 0 Å². The Hall–Kier alpha value is -1.72. The lowest BCUT2D eigenvalue weighted by molar-refractivity contribution is -0.141. The van der Waals surface area contributed by atoms with Crippen LogP contribution >= 0.6 is 11.8 Å². The van der Waals surface area contributed by atoms with Crippen LogP contribution in [0.15, 0.2) is 11.8 Å². The van der Waals surface area contributed by atoms with Crippen molar-refractivity contribution in [2.45, 2.75) is 12.5 Å². The Morgan fingerprint density at radius 3 is 2.55 bits per heavy atom. The van der Waals surface area contributed by atoms with Crippen LogP contribution < -0.4 is 5.32 Å². The third kappa shape index (κ3) is 5.95. The van der Waals surface area contributed by atoms with Crippen LogP contribution in [0.3, 0.4) is 0 Å². The van der Waals surface area contributed by atoms with E-state index in [0.717, 1.165) is 26.2 Å². The lowest BCUT2D eigenvalue weighted by atomic mass is 10.2. The minimum absolute atomic E-state index is 0.0556. The second kappa shape index (κ2) is 9.33. The first-order chi connectivity index (χ1) is 10.5. The van der Waals surface area contributed by atoms with Gasteiger partial charge >= 0.3 is 5.97 Å². The molecule has 1 heterocycles. The van der Waals surface area contributed by atoms with Crippen molar-refractivity contribution in [1.29, 1.82) is 5.26 Å². The van der Waals surface area contributed by atoms with Gasteiger partial charge in [-0.15, -0.1) is 0 Å². The van der Waals surface area contributed by atoms with Crippen LogP contribution in [0.1, 0.15) is 6.42 Å². The lowest BCUT2D eigenvalue weighted by Gasteiger charge is -2.31. The van der Waals surface area contributed by atoms with Crippen LogP contribution in [-0.2, 0) is 9.59 Å². The van der Waals surface area contributed by atoms with E-state index in [-0.39, 0.29) is 5.57 Å². The molecule has 2 N–H and O–H groups in total. The number of nitrogens with one attached hydrogen (secondary N) is 1. The molecule has 0 saturated carbocycles. The topological polar surface area (TPSA) is 96.7 Å². The number of carbonyl (C=O) groups is 2. The number of carbonyl (C=O) groups excluding carboxylic acids is 1. The summed E-state index contributed by atoms with van der Waals surface area (Å²) in [6.07, 6.45) is 3.72. The molecule has 0 aromatic carbocycles. The average molecular weight is 326 g/mol. The van der Waals surface area contributed by atoms with E-state index in [1.807, 2.05) is 24.3 Å². The number of nitrogens with zero attached hydrogens (tertiary/aromatic N) is 3. The van der Waals surface area contributed by atoms with E-state index < -0.39 is 17.9 Å². The largest absolute Gasteiger partial charge is 0.480 e. The number of thioether (sulfide) groups is 1. The monoisotopic (exact) mass is 326 g/mol. The van der Waals surface area contributed by atoms with Crippen LogP contribution in [0.5, 0.6) is 0 Å². The quantitative estimate of drug-likeness (QED) is 0.501. The van der Waals surface area contributed by atoms with E-state index in [9.17, 15) is 9.59 Å². The second-order valence-corrected chi connectivity index (χ2v) is 6.13. The Morgan fingerprint density at radius 2 is 2.05 bits per heavy atom. The first kappa shape index (κ1) is 18.3. The van der Waals surface area contributed by atoms with Crippen molar-refractivity contribution < 1.29 is 14.7 Å². The normalized spacial score (nSPS) is 17.7. The smallest absolute Gasteiger partial charge is 0.326 e. The summed E-state index contributed by atoms with van der Waals surface area (Å²) in [5, 5.41) is 20.7. The van der Waals surface area contributed by atoms with Crippen LogP contribution in [-0.4, -0.2) is 78.1 Å². The molecule has 8 heteroatoms. The maximum atomic E-state index is 12.1. The minimum atomic E-state index is -1.08. The molecule has 1 fully saturated rings. The number of carboxylic acid groups (broad SMARTS) is 1. The summed E-state index contributed by atoms with van der Waals surface area (Å²) in [7, 11) is 2.02. The van der Waals surface area contributed by atoms with Crippen molar-refractivity contribution in [3.8, 4) is 6.07 Å². The molecule has 1 saturated heterocycles. The molecule has 1 aliphatic heterocycles. The van der Waals surface area contributed by atoms with Gasteiger partial charge in [0.25, 0.3) is 5.91 Å². The molecule has 1 amide bonds. The van der Waals surface area contributed by atoms with Gasteiger partial charge in [0.05, 0.1) is 0 Å². The van der Waals surface area contributed by atoms with E-state index in [1.165, 1.54) is 18.0 Å². The lowest BCUT2D eigenvalue weighted by Crippen LogP contribution is -2.44. The van der Waals surface area contributed by atoms with Gasteiger partial charge in [-0.25, -0.2) is 4.79 Å². The molecule has 0 aliphatic carbocycles. The summed E-state index contributed by atoms with van der Waals surface area (Å²) >= 11 is 1.51. The predicted molar refractivity (Wildman–Crippen MR) is 85.3 cm³/mol. The van der Waals surface area contributed by atoms with Crippen molar-refractivity contribution in [3.05, 3.63) is 11.8 Å². The van der Waals surface area contributed by atoms with Gasteiger partial charge in [0, 0.05) is 32.4 Å². The molecule has 0 bridgehead atoms. The summed E-state index contributed by atoms with van der Waals surface area (Å²) in [6.45, 7) is 3.21. The van der Waals surface area contributed by atoms with Crippen molar-refractivity contribution in [2.24, 2.45) is 0 Å². The molecule has 0 aromatic heterocycles. The number of likely N-dealkylation sites (N-methyl/N-ethyl adjacent to an activating group) is 1. The van der Waals surface area contributed by atoms with Crippen LogP contribution in [0, 0.1) is 11.3 Å². The fourth-order valence-corrected chi connectivity index (χ4v) is 2.47. The highest BCUT2D eigenvalue weighted by atomic mass is 32.2. The maximum Gasteiger partial charge on any atom is 0.326 e. The summed E-state index contributed by atoms with van der Waals surface area (Å²) < 4.78 is 0. The van der Waals surface area contributed by atoms with Gasteiger partial charge in [-0.1, -0.05) is 0 Å². The molecule has 1 unspecified atom stereocenters. The van der Waals surface area contributed by atoms with Gasteiger partial charge in [0.15, 0.2) is 0 Å². The average Bonchev–Trinajstić information content (AvgIpc) is 2.50. The number of aliphatic carboxylic acids is 1. The highest BCUT2D eigenvalue weighted by Crippen LogP contribution is 2.06. The van der Waals surface area contributed by atoms with E-state index >= 15 is 0 Å². The summed E-state index contributed by atoms with van der Waals surface area (Å²) in [5.74, 6) is -1.09. The highest BCUT2D eigenvalue weighted by Gasteiger charge is 2.22. The van der Waals surface area contributed by atoms with Gasteiger partial charge in [-0.2, -0.15) is 17.0 Å². The molecule has 122 valence electrons. The molecule has 0 radical (unpaired) electrons. The van der Waals surface area contributed by atoms with Crippen molar-refractivity contribution in [2.75, 3.05) is 45.2 Å². The molecule has 0 aromatic rings. The maximum absolute atomic E-state index is 12.1. The first-order valence-electron chi connectivity index (χ1n) is 7.05. The van der Waals surface area contributed by atoms with Gasteiger partial charge in [-0.3, -0.25) is 4.79 Å². The fourth-order valence-electron chi connectivity index (χ4n) is 2.00. The number of hydrogen-bond acceptors (Lipinski definition) is 6. The molecule has 7 nitrogen and oxygen atoms in total. The third-order valence-corrected chi connectivity index (χ3v) is 4.07. The minimum Gasteiger partial charge on any atom is -0.480 e. The van der Waals surface area contributed by atoms with Crippen LogP contribution in [0.25, 0.3) is 0 Å². The number of carboxylic acids is 1. The van der Waals surface area contributed by atoms with Crippen molar-refractivity contribution in [1.82, 2.24) is 15.1 Å². The van der Waals surface area contributed by atoms with E-state index in [0.29, 0.717) is 12.2 Å². The molecule has 22 heavy (non-hydrogen) atoms. The highest BCUT2D eigenvalue weighted by molar-refractivity contribution is 7.98. The SMILES string of the molecule is CSCCC(NC(=O)/C(C#N)=C\N1CCN(C)CC1)C(=O)O. The standard InChI is InChI=1S/C14H22N4O3S/c1-17-4-6-18(7-5-17)10-11(9-15)13(19)16-12(14(20)21)3-8-22-2/h10,12H,3-8H2,1-2H3,(H,16,19)(H,20,21)/b11-10-.